The number of hydrogen-bond donors (Lipinski definition) is 1. The van der Waals surface area contributed by atoms with Crippen molar-refractivity contribution < 1.29 is 19.0 Å². The van der Waals surface area contributed by atoms with Gasteiger partial charge in [0.05, 0.1) is 30.8 Å². The second kappa shape index (κ2) is 11.5. The molecule has 0 saturated carbocycles. The van der Waals surface area contributed by atoms with Gasteiger partial charge in [-0.15, -0.1) is 0 Å². The van der Waals surface area contributed by atoms with Crippen LogP contribution in [0, 0.1) is 0 Å². The smallest absolute Gasteiger partial charge is 0.267 e. The van der Waals surface area contributed by atoms with Crippen molar-refractivity contribution in [2.24, 2.45) is 0 Å². The maximum absolute atomic E-state index is 13.4. The third kappa shape index (κ3) is 5.40. The van der Waals surface area contributed by atoms with Crippen molar-refractivity contribution >= 4 is 51.7 Å². The molecule has 2 fully saturated rings. The summed E-state index contributed by atoms with van der Waals surface area (Å²) in [6, 6.07) is 11.0. The molecular weight excluding hydrogens is 524 g/mol. The summed E-state index contributed by atoms with van der Waals surface area (Å²) < 4.78 is 18.3. The topological polar surface area (TPSA) is 94.4 Å². The molecule has 0 spiro atoms. The number of ether oxygens (including phenoxy) is 3. The first-order valence-electron chi connectivity index (χ1n) is 12.3. The Balaban J connectivity index is 1.39. The van der Waals surface area contributed by atoms with E-state index in [1.165, 1.54) is 16.2 Å². The number of amides is 1. The van der Waals surface area contributed by atoms with Gasteiger partial charge in [0.15, 0.2) is 11.5 Å². The second-order valence-electron chi connectivity index (χ2n) is 8.90. The number of pyridine rings is 1. The van der Waals surface area contributed by atoms with E-state index in [-0.39, 0.29) is 17.6 Å². The van der Waals surface area contributed by atoms with E-state index in [2.05, 4.69) is 10.3 Å². The van der Waals surface area contributed by atoms with Gasteiger partial charge in [0.25, 0.3) is 11.5 Å². The largest absolute Gasteiger partial charge is 0.493 e. The fourth-order valence-electron chi connectivity index (χ4n) is 4.48. The minimum atomic E-state index is -0.263. The van der Waals surface area contributed by atoms with E-state index in [0.717, 1.165) is 25.0 Å². The molecule has 11 heteroatoms. The highest BCUT2D eigenvalue weighted by molar-refractivity contribution is 8.26. The fraction of sp³-hybridized carbons (Fsp3) is 0.333. The first-order valence-corrected chi connectivity index (χ1v) is 13.5. The Kier molecular flexibility index (Phi) is 7.96. The Hall–Kier alpha value is -3.41. The molecule has 4 heterocycles. The van der Waals surface area contributed by atoms with Crippen molar-refractivity contribution in [1.29, 1.82) is 0 Å². The van der Waals surface area contributed by atoms with Gasteiger partial charge in [0.2, 0.25) is 0 Å². The SMILES string of the molecule is COc1ccc(CCN2C(=O)/C(=C/c3c(NC[C@H]4CCCO4)nc4ccccn4c3=O)SC2=S)cc1OC. The number of nitrogens with zero attached hydrogens (tertiary/aromatic N) is 3. The molecule has 2 aliphatic heterocycles. The molecule has 1 N–H and O–H groups in total. The van der Waals surface area contributed by atoms with Gasteiger partial charge >= 0.3 is 0 Å². The zero-order chi connectivity index (χ0) is 26.6. The van der Waals surface area contributed by atoms with Crippen LogP contribution in [-0.2, 0) is 16.0 Å². The van der Waals surface area contributed by atoms with Crippen molar-refractivity contribution in [3.05, 3.63) is 69.0 Å². The monoisotopic (exact) mass is 552 g/mol. The quantitative estimate of drug-likeness (QED) is 0.315. The summed E-state index contributed by atoms with van der Waals surface area (Å²) in [6.45, 7) is 1.66. The number of carbonyl (C=O) groups excluding carboxylic acids is 1. The molecule has 3 aromatic rings. The molecule has 0 aliphatic carbocycles. The van der Waals surface area contributed by atoms with Crippen molar-refractivity contribution in [3.63, 3.8) is 0 Å². The predicted molar refractivity (Wildman–Crippen MR) is 152 cm³/mol. The molecule has 2 aliphatic rings. The van der Waals surface area contributed by atoms with Crippen LogP contribution in [0.3, 0.4) is 0 Å². The van der Waals surface area contributed by atoms with Gasteiger partial charge in [-0.05, 0) is 55.2 Å². The van der Waals surface area contributed by atoms with E-state index in [0.29, 0.717) is 57.3 Å². The van der Waals surface area contributed by atoms with Gasteiger partial charge in [0, 0.05) is 25.9 Å². The van der Waals surface area contributed by atoms with Crippen LogP contribution in [0.5, 0.6) is 11.5 Å². The molecule has 1 atom stereocenters. The summed E-state index contributed by atoms with van der Waals surface area (Å²) >= 11 is 6.72. The Bertz CT molecular complexity index is 1470. The summed E-state index contributed by atoms with van der Waals surface area (Å²) in [7, 11) is 3.17. The number of aromatic nitrogens is 2. The number of carbonyl (C=O) groups is 1. The van der Waals surface area contributed by atoms with Crippen LogP contribution >= 0.6 is 24.0 Å². The van der Waals surface area contributed by atoms with Crippen molar-refractivity contribution in [2.45, 2.75) is 25.4 Å². The van der Waals surface area contributed by atoms with Crippen LogP contribution in [0.15, 0.2) is 52.3 Å². The van der Waals surface area contributed by atoms with Gasteiger partial charge in [-0.25, -0.2) is 4.98 Å². The lowest BCUT2D eigenvalue weighted by Gasteiger charge is -2.15. The first kappa shape index (κ1) is 26.2. The average Bonchev–Trinajstić information content (AvgIpc) is 3.55. The summed E-state index contributed by atoms with van der Waals surface area (Å²) in [5.74, 6) is 1.46. The molecular formula is C27H28N4O5S2. The molecule has 38 heavy (non-hydrogen) atoms. The summed E-state index contributed by atoms with van der Waals surface area (Å²) in [6.07, 6.45) is 5.87. The highest BCUT2D eigenvalue weighted by Crippen LogP contribution is 2.34. The number of benzene rings is 1. The summed E-state index contributed by atoms with van der Waals surface area (Å²) in [5, 5.41) is 3.28. The highest BCUT2D eigenvalue weighted by atomic mass is 32.2. The minimum Gasteiger partial charge on any atom is -0.493 e. The number of rotatable bonds is 9. The molecule has 2 aromatic heterocycles. The molecule has 1 aromatic carbocycles. The fourth-order valence-corrected chi connectivity index (χ4v) is 5.77. The van der Waals surface area contributed by atoms with Gasteiger partial charge < -0.3 is 19.5 Å². The van der Waals surface area contributed by atoms with E-state index in [1.54, 1.807) is 43.5 Å². The van der Waals surface area contributed by atoms with Gasteiger partial charge in [-0.3, -0.25) is 18.9 Å². The molecule has 9 nitrogen and oxygen atoms in total. The maximum Gasteiger partial charge on any atom is 0.267 e. The van der Waals surface area contributed by atoms with Crippen LogP contribution in [-0.4, -0.2) is 64.5 Å². The van der Waals surface area contributed by atoms with E-state index in [1.807, 2.05) is 24.3 Å². The molecule has 0 radical (unpaired) electrons. The molecule has 2 saturated heterocycles. The van der Waals surface area contributed by atoms with Crippen LogP contribution in [0.1, 0.15) is 24.0 Å². The first-order chi connectivity index (χ1) is 18.5. The van der Waals surface area contributed by atoms with Crippen molar-refractivity contribution in [1.82, 2.24) is 14.3 Å². The van der Waals surface area contributed by atoms with Crippen molar-refractivity contribution in [3.8, 4) is 11.5 Å². The Morgan fingerprint density at radius 2 is 2.05 bits per heavy atom. The number of thioether (sulfide) groups is 1. The van der Waals surface area contributed by atoms with Gasteiger partial charge in [-0.1, -0.05) is 36.1 Å². The zero-order valence-electron chi connectivity index (χ0n) is 21.1. The number of anilines is 1. The molecule has 198 valence electrons. The van der Waals surface area contributed by atoms with Crippen LogP contribution in [0.25, 0.3) is 11.7 Å². The number of thiocarbonyl (C=S) groups is 1. The van der Waals surface area contributed by atoms with E-state index >= 15 is 0 Å². The summed E-state index contributed by atoms with van der Waals surface area (Å²) in [5.41, 5.74) is 1.55. The molecule has 0 bridgehead atoms. The lowest BCUT2D eigenvalue weighted by atomic mass is 10.1. The maximum atomic E-state index is 13.4. The van der Waals surface area contributed by atoms with Gasteiger partial charge in [-0.2, -0.15) is 0 Å². The number of methoxy groups -OCH3 is 2. The molecule has 0 unspecified atom stereocenters. The minimum absolute atomic E-state index is 0.0636. The molecule has 5 rings (SSSR count). The zero-order valence-corrected chi connectivity index (χ0v) is 22.8. The number of nitrogens with one attached hydrogen (secondary N) is 1. The summed E-state index contributed by atoms with van der Waals surface area (Å²) in [4.78, 5) is 33.4. The van der Waals surface area contributed by atoms with Gasteiger partial charge in [0.1, 0.15) is 15.8 Å². The highest BCUT2D eigenvalue weighted by Gasteiger charge is 2.32. The van der Waals surface area contributed by atoms with E-state index in [4.69, 9.17) is 26.4 Å². The number of hydrogen-bond acceptors (Lipinski definition) is 9. The standard InChI is InChI=1S/C27H28N4O5S2/c1-34-20-9-8-17(14-21(20)35-2)10-12-31-26(33)22(38-27(31)37)15-19-24(28-16-18-6-5-13-36-18)29-23-7-3-4-11-30(23)25(19)32/h3-4,7-9,11,14-15,18,28H,5-6,10,12-13,16H2,1-2H3/b22-15-/t18-/m1/s1. The lowest BCUT2D eigenvalue weighted by molar-refractivity contribution is -0.122. The van der Waals surface area contributed by atoms with Crippen molar-refractivity contribution in [2.75, 3.05) is 39.2 Å². The Morgan fingerprint density at radius 1 is 1.21 bits per heavy atom. The van der Waals surface area contributed by atoms with E-state index in [9.17, 15) is 9.59 Å². The van der Waals surface area contributed by atoms with Crippen LogP contribution < -0.4 is 20.3 Å². The Labute approximate surface area is 229 Å². The lowest BCUT2D eigenvalue weighted by Crippen LogP contribution is -2.30. The average molecular weight is 553 g/mol. The third-order valence-electron chi connectivity index (χ3n) is 6.51. The Morgan fingerprint density at radius 3 is 2.82 bits per heavy atom. The van der Waals surface area contributed by atoms with Crippen LogP contribution in [0.2, 0.25) is 0 Å². The predicted octanol–water partition coefficient (Wildman–Crippen LogP) is 3.75. The normalized spacial score (nSPS) is 18.5. The molecule has 1 amide bonds. The third-order valence-corrected chi connectivity index (χ3v) is 7.89. The van der Waals surface area contributed by atoms with Crippen LogP contribution in [0.4, 0.5) is 5.82 Å². The second-order valence-corrected chi connectivity index (χ2v) is 10.6. The van der Waals surface area contributed by atoms with E-state index < -0.39 is 0 Å². The number of fused-ring (bicyclic) bond motifs is 1.